The largest absolute Gasteiger partial charge is 0.493 e. The lowest BCUT2D eigenvalue weighted by atomic mass is 10.1. The van der Waals surface area contributed by atoms with Gasteiger partial charge in [0.2, 0.25) is 5.75 Å². The molecular weight excluding hydrogens is 412 g/mol. The quantitative estimate of drug-likeness (QED) is 0.627. The van der Waals surface area contributed by atoms with Crippen molar-refractivity contribution in [1.29, 1.82) is 0 Å². The second-order valence-corrected chi connectivity index (χ2v) is 7.31. The summed E-state index contributed by atoms with van der Waals surface area (Å²) in [6, 6.07) is 7.39. The summed E-state index contributed by atoms with van der Waals surface area (Å²) < 4.78 is 21.8. The van der Waals surface area contributed by atoms with Gasteiger partial charge in [-0.1, -0.05) is 0 Å². The zero-order chi connectivity index (χ0) is 22.7. The predicted molar refractivity (Wildman–Crippen MR) is 120 cm³/mol. The Morgan fingerprint density at radius 1 is 1.06 bits per heavy atom. The third kappa shape index (κ3) is 4.11. The molecule has 1 saturated heterocycles. The van der Waals surface area contributed by atoms with E-state index in [0.717, 1.165) is 11.1 Å². The highest BCUT2D eigenvalue weighted by Gasteiger charge is 2.24. The predicted octanol–water partition coefficient (Wildman–Crippen LogP) is 3.18. The van der Waals surface area contributed by atoms with Crippen LogP contribution in [0.1, 0.15) is 16.1 Å². The Hall–Kier alpha value is -3.59. The van der Waals surface area contributed by atoms with Crippen LogP contribution in [0.15, 0.2) is 30.5 Å². The van der Waals surface area contributed by atoms with Crippen LogP contribution in [0.25, 0.3) is 11.0 Å². The van der Waals surface area contributed by atoms with Crippen LogP contribution in [-0.4, -0.2) is 68.4 Å². The lowest BCUT2D eigenvalue weighted by molar-refractivity contribution is 0.0303. The van der Waals surface area contributed by atoms with Gasteiger partial charge >= 0.3 is 0 Å². The Balaban J connectivity index is 1.84. The van der Waals surface area contributed by atoms with E-state index in [9.17, 15) is 4.79 Å². The SMILES string of the molecule is COc1cc(Nc2c(C(=O)N3CCOCC3)cnc3nc(C)ccc23)cc(OC)c1OC. The maximum atomic E-state index is 13.4. The average molecular weight is 438 g/mol. The normalized spacial score (nSPS) is 13.7. The van der Waals surface area contributed by atoms with E-state index in [1.54, 1.807) is 44.6 Å². The number of nitrogens with one attached hydrogen (secondary N) is 1. The number of rotatable bonds is 6. The van der Waals surface area contributed by atoms with Gasteiger partial charge in [-0.25, -0.2) is 9.97 Å². The standard InChI is InChI=1S/C23H26N4O5/c1-14-5-6-16-20(26-15-11-18(29-2)21(31-4)19(12-15)30-3)17(13-24-22(16)25-14)23(28)27-7-9-32-10-8-27/h5-6,11-13H,7-10H2,1-4H3,(H,24,25,26). The number of fused-ring (bicyclic) bond motifs is 1. The van der Waals surface area contributed by atoms with E-state index in [1.165, 1.54) is 0 Å². The minimum Gasteiger partial charge on any atom is -0.493 e. The molecule has 1 aliphatic rings. The van der Waals surface area contributed by atoms with Crippen molar-refractivity contribution in [3.63, 3.8) is 0 Å². The van der Waals surface area contributed by atoms with Crippen LogP contribution in [0.2, 0.25) is 0 Å². The number of morpholine rings is 1. The molecule has 1 N–H and O–H groups in total. The molecule has 3 heterocycles. The summed E-state index contributed by atoms with van der Waals surface area (Å²) in [5, 5.41) is 4.12. The number of hydrogen-bond donors (Lipinski definition) is 1. The van der Waals surface area contributed by atoms with E-state index in [2.05, 4.69) is 15.3 Å². The average Bonchev–Trinajstić information content (AvgIpc) is 2.83. The van der Waals surface area contributed by atoms with E-state index >= 15 is 0 Å². The molecule has 1 aromatic carbocycles. The van der Waals surface area contributed by atoms with Crippen LogP contribution in [0.5, 0.6) is 17.2 Å². The maximum Gasteiger partial charge on any atom is 0.257 e. The van der Waals surface area contributed by atoms with Gasteiger partial charge in [0.25, 0.3) is 5.91 Å². The zero-order valence-electron chi connectivity index (χ0n) is 18.6. The molecule has 0 bridgehead atoms. The molecule has 0 aliphatic carbocycles. The monoisotopic (exact) mass is 438 g/mol. The Kier molecular flexibility index (Phi) is 6.27. The Labute approximate surface area is 186 Å². The third-order valence-electron chi connectivity index (χ3n) is 5.33. The molecule has 2 aromatic heterocycles. The summed E-state index contributed by atoms with van der Waals surface area (Å²) in [4.78, 5) is 24.1. The van der Waals surface area contributed by atoms with Crippen molar-refractivity contribution in [1.82, 2.24) is 14.9 Å². The van der Waals surface area contributed by atoms with Gasteiger partial charge in [0.05, 0.1) is 45.8 Å². The number of anilines is 2. The number of ether oxygens (including phenoxy) is 4. The van der Waals surface area contributed by atoms with Gasteiger partial charge in [0, 0.05) is 48.2 Å². The Bertz CT molecular complexity index is 1120. The smallest absolute Gasteiger partial charge is 0.257 e. The number of benzene rings is 1. The third-order valence-corrected chi connectivity index (χ3v) is 5.33. The molecule has 0 spiro atoms. The van der Waals surface area contributed by atoms with Crippen molar-refractivity contribution in [2.45, 2.75) is 6.92 Å². The van der Waals surface area contributed by atoms with Crippen molar-refractivity contribution in [3.05, 3.63) is 41.7 Å². The molecule has 0 radical (unpaired) electrons. The Morgan fingerprint density at radius 3 is 2.38 bits per heavy atom. The van der Waals surface area contributed by atoms with Crippen LogP contribution < -0.4 is 19.5 Å². The van der Waals surface area contributed by atoms with Crippen LogP contribution in [0.3, 0.4) is 0 Å². The highest BCUT2D eigenvalue weighted by Crippen LogP contribution is 2.41. The molecule has 3 aromatic rings. The fourth-order valence-electron chi connectivity index (χ4n) is 3.70. The first-order valence-corrected chi connectivity index (χ1v) is 10.3. The van der Waals surface area contributed by atoms with Crippen molar-refractivity contribution < 1.29 is 23.7 Å². The van der Waals surface area contributed by atoms with Gasteiger partial charge in [0.15, 0.2) is 17.1 Å². The molecule has 0 saturated carbocycles. The van der Waals surface area contributed by atoms with Crippen molar-refractivity contribution >= 4 is 28.3 Å². The molecular formula is C23H26N4O5. The van der Waals surface area contributed by atoms with Gasteiger partial charge in [-0.2, -0.15) is 0 Å². The number of pyridine rings is 2. The molecule has 32 heavy (non-hydrogen) atoms. The van der Waals surface area contributed by atoms with Crippen LogP contribution in [0.4, 0.5) is 11.4 Å². The molecule has 9 heteroatoms. The fourth-order valence-corrected chi connectivity index (χ4v) is 3.70. The summed E-state index contributed by atoms with van der Waals surface area (Å²) in [5.74, 6) is 1.38. The summed E-state index contributed by atoms with van der Waals surface area (Å²) in [6.45, 7) is 4.01. The van der Waals surface area contributed by atoms with Crippen molar-refractivity contribution in [3.8, 4) is 17.2 Å². The highest BCUT2D eigenvalue weighted by molar-refractivity contribution is 6.07. The van der Waals surface area contributed by atoms with E-state index in [1.807, 2.05) is 19.1 Å². The molecule has 0 unspecified atom stereocenters. The van der Waals surface area contributed by atoms with Gasteiger partial charge < -0.3 is 29.2 Å². The number of nitrogens with zero attached hydrogens (tertiary/aromatic N) is 3. The van der Waals surface area contributed by atoms with Gasteiger partial charge in [-0.05, 0) is 19.1 Å². The summed E-state index contributed by atoms with van der Waals surface area (Å²) >= 11 is 0. The summed E-state index contributed by atoms with van der Waals surface area (Å²) in [5.41, 5.74) is 3.14. The minimum absolute atomic E-state index is 0.113. The summed E-state index contributed by atoms with van der Waals surface area (Å²) in [6.07, 6.45) is 1.58. The Morgan fingerprint density at radius 2 is 1.75 bits per heavy atom. The first kappa shape index (κ1) is 21.6. The molecule has 4 rings (SSSR count). The molecule has 1 fully saturated rings. The lowest BCUT2D eigenvalue weighted by Crippen LogP contribution is -2.41. The molecule has 168 valence electrons. The number of methoxy groups -OCH3 is 3. The zero-order valence-corrected chi connectivity index (χ0v) is 18.6. The molecule has 1 aliphatic heterocycles. The molecule has 0 atom stereocenters. The minimum atomic E-state index is -0.113. The van der Waals surface area contributed by atoms with Gasteiger partial charge in [-0.3, -0.25) is 4.79 Å². The van der Waals surface area contributed by atoms with Crippen LogP contribution in [0, 0.1) is 6.92 Å². The molecule has 9 nitrogen and oxygen atoms in total. The topological polar surface area (TPSA) is 95.0 Å². The number of aryl methyl sites for hydroxylation is 1. The van der Waals surface area contributed by atoms with Gasteiger partial charge in [-0.15, -0.1) is 0 Å². The second kappa shape index (κ2) is 9.27. The first-order chi connectivity index (χ1) is 15.5. The van der Waals surface area contributed by atoms with Crippen molar-refractivity contribution in [2.24, 2.45) is 0 Å². The van der Waals surface area contributed by atoms with E-state index in [0.29, 0.717) is 66.1 Å². The van der Waals surface area contributed by atoms with Crippen LogP contribution in [-0.2, 0) is 4.74 Å². The molecule has 1 amide bonds. The number of carbonyl (C=O) groups is 1. The van der Waals surface area contributed by atoms with E-state index in [4.69, 9.17) is 18.9 Å². The number of carbonyl (C=O) groups excluding carboxylic acids is 1. The highest BCUT2D eigenvalue weighted by atomic mass is 16.5. The van der Waals surface area contributed by atoms with E-state index < -0.39 is 0 Å². The fraction of sp³-hybridized carbons (Fsp3) is 0.348. The van der Waals surface area contributed by atoms with Crippen molar-refractivity contribution in [2.75, 3.05) is 52.9 Å². The number of amides is 1. The number of aromatic nitrogens is 2. The summed E-state index contributed by atoms with van der Waals surface area (Å²) in [7, 11) is 4.67. The lowest BCUT2D eigenvalue weighted by Gasteiger charge is -2.28. The van der Waals surface area contributed by atoms with E-state index in [-0.39, 0.29) is 5.91 Å². The maximum absolute atomic E-state index is 13.4. The number of hydrogen-bond acceptors (Lipinski definition) is 8. The van der Waals surface area contributed by atoms with Gasteiger partial charge in [0.1, 0.15) is 0 Å². The second-order valence-electron chi connectivity index (χ2n) is 7.31. The first-order valence-electron chi connectivity index (χ1n) is 10.3. The van der Waals surface area contributed by atoms with Crippen LogP contribution >= 0.6 is 0 Å².